The second-order valence-electron chi connectivity index (χ2n) is 1.36. The van der Waals surface area contributed by atoms with Crippen LogP contribution in [0.15, 0.2) is 17.4 Å². The summed E-state index contributed by atoms with van der Waals surface area (Å²) in [4.78, 5) is 9.97. The molecule has 1 N–H and O–H groups in total. The molecule has 0 rings (SSSR count). The van der Waals surface area contributed by atoms with Crippen molar-refractivity contribution in [2.24, 2.45) is 0 Å². The Hall–Kier alpha value is 0.250. The minimum atomic E-state index is -0.914. The Kier molecular flexibility index (Phi) is 8.48. The summed E-state index contributed by atoms with van der Waals surface area (Å²) in [6, 6.07) is 0. The van der Waals surface area contributed by atoms with E-state index in [0.29, 0.717) is 0 Å². The molecule has 0 spiro atoms. The van der Waals surface area contributed by atoms with E-state index < -0.39 is 5.97 Å². The third-order valence-corrected chi connectivity index (χ3v) is 0.682. The molecule has 48 valence electrons. The van der Waals surface area contributed by atoms with Crippen LogP contribution in [0.5, 0.6) is 0 Å². The van der Waals surface area contributed by atoms with Gasteiger partial charge in [0.25, 0.3) is 0 Å². The number of carboxylic acids is 1. The fourth-order valence-electron chi connectivity index (χ4n) is 0.278. The van der Waals surface area contributed by atoms with E-state index in [4.69, 9.17) is 5.11 Å². The van der Waals surface area contributed by atoms with Crippen molar-refractivity contribution < 1.29 is 12.8 Å². The van der Waals surface area contributed by atoms with Gasteiger partial charge in [-0.3, -0.25) is 0 Å². The Morgan fingerprint density at radius 1 is 1.78 bits per heavy atom. The molecule has 0 amide bonds. The van der Waals surface area contributed by atoms with Crippen LogP contribution < -0.4 is 0 Å². The van der Waals surface area contributed by atoms with Gasteiger partial charge in [-0.25, -0.2) is 4.79 Å². The summed E-state index contributed by atoms with van der Waals surface area (Å²) >= 11 is 0. The van der Waals surface area contributed by atoms with Gasteiger partial charge in [-0.1, -0.05) is 0 Å². The van der Waals surface area contributed by atoms with Crippen molar-refractivity contribution in [3.8, 4) is 0 Å². The molecule has 0 aliphatic heterocycles. The Labute approximate surface area is 87.2 Å². The van der Waals surface area contributed by atoms with Crippen molar-refractivity contribution >= 4 is 43.7 Å². The molecule has 0 aromatic carbocycles. The topological polar surface area (TPSA) is 37.3 Å². The molecule has 0 bridgehead atoms. The van der Waals surface area contributed by atoms with E-state index in [1.165, 1.54) is 6.92 Å². The molecule has 2 nitrogen and oxygen atoms in total. The third-order valence-electron chi connectivity index (χ3n) is 0.682. The summed E-state index contributed by atoms with van der Waals surface area (Å²) in [5.74, 6) is -0.914. The zero-order chi connectivity index (χ0) is 6.57. The second-order valence-corrected chi connectivity index (χ2v) is 1.36. The maximum atomic E-state index is 9.97. The van der Waals surface area contributed by atoms with Crippen LogP contribution >= 0.6 is 0 Å². The van der Waals surface area contributed by atoms with Crippen LogP contribution in [-0.4, -0.2) is 48.8 Å². The summed E-state index contributed by atoms with van der Waals surface area (Å²) in [6.45, 7) is 3.23. The quantitative estimate of drug-likeness (QED) is 0.348. The van der Waals surface area contributed by atoms with E-state index in [2.05, 4.69) is 5.73 Å². The predicted molar refractivity (Wildman–Crippen MR) is 38.6 cm³/mol. The molecule has 0 saturated carbocycles. The maximum absolute atomic E-state index is 9.97. The first-order valence-electron chi connectivity index (χ1n) is 2.29. The van der Waals surface area contributed by atoms with Gasteiger partial charge in [-0.15, -0.1) is 5.73 Å². The Bertz CT molecular complexity index is 162. The summed E-state index contributed by atoms with van der Waals surface area (Å²) in [6.07, 6.45) is 1.57. The largest absolute Gasteiger partial charge is 2.00 e. The van der Waals surface area contributed by atoms with E-state index in [0.717, 1.165) is 0 Å². The summed E-state index contributed by atoms with van der Waals surface area (Å²) in [5.41, 5.74) is 2.78. The summed E-state index contributed by atoms with van der Waals surface area (Å²) < 4.78 is 0. The Morgan fingerprint density at radius 2 is 2.22 bits per heavy atom. The molecule has 3 heteroatoms. The van der Waals surface area contributed by atoms with Crippen LogP contribution in [0.4, 0.5) is 0 Å². The molecule has 0 aliphatic rings. The van der Waals surface area contributed by atoms with Crippen LogP contribution in [0.25, 0.3) is 0 Å². The standard InChI is InChI=1S/C6H8O2.Ca.2H/c1-3-4-5(2)6(7)8;;;/h3H,1-2H3,(H,7,8);;;/q;+2;2*-1. The summed E-state index contributed by atoms with van der Waals surface area (Å²) in [7, 11) is 0. The van der Waals surface area contributed by atoms with Crippen molar-refractivity contribution in [2.45, 2.75) is 13.8 Å². The minimum Gasteiger partial charge on any atom is -1.00 e. The van der Waals surface area contributed by atoms with Gasteiger partial charge in [0, 0.05) is 0 Å². The Morgan fingerprint density at radius 3 is 2.33 bits per heavy atom. The van der Waals surface area contributed by atoms with E-state index >= 15 is 0 Å². The SMILES string of the molecule is CC=C=C(C)C(=O)O.[Ca+2].[H-].[H-]. The number of rotatable bonds is 1. The third kappa shape index (κ3) is 6.13. The molecular formula is C6H10CaO2. The average molecular weight is 154 g/mol. The smallest absolute Gasteiger partial charge is 1.00 e. The number of aliphatic carboxylic acids is 1. The fourth-order valence-corrected chi connectivity index (χ4v) is 0.278. The normalized spacial score (nSPS) is 6.44. The van der Waals surface area contributed by atoms with Crippen molar-refractivity contribution in [1.82, 2.24) is 0 Å². The monoisotopic (exact) mass is 154 g/mol. The van der Waals surface area contributed by atoms with E-state index in [1.54, 1.807) is 13.0 Å². The molecule has 0 aromatic rings. The zero-order valence-corrected chi connectivity index (χ0v) is 7.85. The van der Waals surface area contributed by atoms with Crippen molar-refractivity contribution in [2.75, 3.05) is 0 Å². The van der Waals surface area contributed by atoms with E-state index in [-0.39, 0.29) is 46.2 Å². The zero-order valence-electron chi connectivity index (χ0n) is 7.64. The van der Waals surface area contributed by atoms with Crippen LogP contribution in [0.1, 0.15) is 16.7 Å². The molecule has 0 fully saturated rings. The van der Waals surface area contributed by atoms with Crippen LogP contribution in [-0.2, 0) is 4.79 Å². The molecule has 0 unspecified atom stereocenters. The number of hydrogen-bond acceptors (Lipinski definition) is 1. The minimum absolute atomic E-state index is 0. The van der Waals surface area contributed by atoms with Gasteiger partial charge >= 0.3 is 43.7 Å². The number of hydrogen-bond donors (Lipinski definition) is 1. The average Bonchev–Trinajstić information content (AvgIpc) is 1.67. The van der Waals surface area contributed by atoms with Crippen LogP contribution in [0, 0.1) is 0 Å². The first-order valence-corrected chi connectivity index (χ1v) is 2.29. The fraction of sp³-hybridized carbons (Fsp3) is 0.333. The maximum Gasteiger partial charge on any atom is 2.00 e. The van der Waals surface area contributed by atoms with Gasteiger partial charge in [0.05, 0.1) is 5.57 Å². The number of carboxylic acid groups (broad SMARTS) is 1. The molecule has 0 radical (unpaired) electrons. The van der Waals surface area contributed by atoms with Gasteiger partial charge in [-0.2, -0.15) is 0 Å². The van der Waals surface area contributed by atoms with Gasteiger partial charge in [-0.05, 0) is 19.9 Å². The van der Waals surface area contributed by atoms with Gasteiger partial charge < -0.3 is 7.96 Å². The summed E-state index contributed by atoms with van der Waals surface area (Å²) in [5, 5.41) is 8.19. The Balaban J connectivity index is -0.0000000817. The van der Waals surface area contributed by atoms with Gasteiger partial charge in [0.2, 0.25) is 0 Å². The molecule has 0 saturated heterocycles. The van der Waals surface area contributed by atoms with Crippen molar-refractivity contribution in [3.05, 3.63) is 17.4 Å². The number of carbonyl (C=O) groups is 1. The molecule has 9 heavy (non-hydrogen) atoms. The van der Waals surface area contributed by atoms with Gasteiger partial charge in [0.15, 0.2) is 0 Å². The predicted octanol–water partition coefficient (Wildman–Crippen LogP) is 1.04. The second kappa shape index (κ2) is 6.37. The molecule has 0 heterocycles. The molecule has 0 atom stereocenters. The van der Waals surface area contributed by atoms with Crippen molar-refractivity contribution in [3.63, 3.8) is 0 Å². The first-order chi connectivity index (χ1) is 3.68. The van der Waals surface area contributed by atoms with E-state index in [1.807, 2.05) is 0 Å². The first kappa shape index (κ1) is 12.0. The van der Waals surface area contributed by atoms with E-state index in [9.17, 15) is 4.79 Å². The van der Waals surface area contributed by atoms with Crippen molar-refractivity contribution in [1.29, 1.82) is 0 Å². The van der Waals surface area contributed by atoms with Crippen LogP contribution in [0.3, 0.4) is 0 Å². The molecule has 0 aromatic heterocycles. The van der Waals surface area contributed by atoms with Gasteiger partial charge in [0.1, 0.15) is 0 Å². The molecular weight excluding hydrogens is 144 g/mol. The van der Waals surface area contributed by atoms with Crippen LogP contribution in [0.2, 0.25) is 0 Å². The molecule has 0 aliphatic carbocycles.